The number of rotatable bonds is 9. The van der Waals surface area contributed by atoms with E-state index in [1.165, 1.54) is 32.4 Å². The molecule has 286 valence electrons. The standard InChI is InChI=1S/C46H67NO5/c1-41(2)21-23-46(40(51)52-28-12-27-47-25-10-11-26-47)24-22-44(6)34(35(46)30-41)15-16-38-43(5)19-17-31(42(3,4)37(43)18-20-45(38,44)7)29-36(48)32-13-8-9-14-33(32)39(49)50/h8-9,13-15,31,35,37-38H,10-12,16-30H2,1-7H3,(H,49,50)/t31-,35+,37+,38-,43+,44-,45-,46+/m1/s1. The largest absolute Gasteiger partial charge is 0.478 e. The third-order valence-corrected chi connectivity index (χ3v) is 17.2. The van der Waals surface area contributed by atoms with Crippen molar-refractivity contribution >= 4 is 17.7 Å². The van der Waals surface area contributed by atoms with Gasteiger partial charge in [0.25, 0.3) is 0 Å². The summed E-state index contributed by atoms with van der Waals surface area (Å²) in [7, 11) is 0. The van der Waals surface area contributed by atoms with Gasteiger partial charge in [0, 0.05) is 18.5 Å². The van der Waals surface area contributed by atoms with E-state index < -0.39 is 11.4 Å². The van der Waals surface area contributed by atoms with Crippen molar-refractivity contribution in [2.24, 2.45) is 56.2 Å². The van der Waals surface area contributed by atoms with E-state index in [-0.39, 0.29) is 56.2 Å². The second kappa shape index (κ2) is 13.4. The minimum absolute atomic E-state index is 0.0377. The highest BCUT2D eigenvalue weighted by Crippen LogP contribution is 2.76. The Kier molecular flexibility index (Phi) is 9.73. The number of hydrogen-bond donors (Lipinski definition) is 1. The Morgan fingerprint density at radius 3 is 2.25 bits per heavy atom. The van der Waals surface area contributed by atoms with E-state index in [9.17, 15) is 19.5 Å². The van der Waals surface area contributed by atoms with Gasteiger partial charge in [0.2, 0.25) is 0 Å². The molecule has 0 spiro atoms. The molecule has 6 nitrogen and oxygen atoms in total. The van der Waals surface area contributed by atoms with Gasteiger partial charge in [-0.2, -0.15) is 0 Å². The number of carbonyl (C=O) groups is 3. The highest BCUT2D eigenvalue weighted by atomic mass is 16.5. The molecule has 6 heteroatoms. The molecule has 0 unspecified atom stereocenters. The summed E-state index contributed by atoms with van der Waals surface area (Å²) in [6, 6.07) is 6.71. The van der Waals surface area contributed by atoms with E-state index in [4.69, 9.17) is 4.74 Å². The number of aromatic carboxylic acids is 1. The van der Waals surface area contributed by atoms with E-state index in [0.29, 0.717) is 30.4 Å². The van der Waals surface area contributed by atoms with Crippen LogP contribution in [0.3, 0.4) is 0 Å². The van der Waals surface area contributed by atoms with Gasteiger partial charge < -0.3 is 14.7 Å². The smallest absolute Gasteiger partial charge is 0.336 e. The maximum absolute atomic E-state index is 14.3. The van der Waals surface area contributed by atoms with Crippen LogP contribution in [0, 0.1) is 56.2 Å². The van der Waals surface area contributed by atoms with Crippen LogP contribution in [0.15, 0.2) is 35.9 Å². The number of nitrogens with zero attached hydrogens (tertiary/aromatic N) is 1. The first-order chi connectivity index (χ1) is 24.5. The van der Waals surface area contributed by atoms with Crippen LogP contribution in [-0.4, -0.2) is 54.0 Å². The second-order valence-corrected chi connectivity index (χ2v) is 20.4. The van der Waals surface area contributed by atoms with E-state index >= 15 is 0 Å². The molecule has 1 N–H and O–H groups in total. The maximum atomic E-state index is 14.3. The summed E-state index contributed by atoms with van der Waals surface area (Å²) in [5, 5.41) is 9.78. The summed E-state index contributed by atoms with van der Waals surface area (Å²) in [6.07, 6.45) is 17.1. The highest BCUT2D eigenvalue weighted by Gasteiger charge is 2.69. The van der Waals surface area contributed by atoms with Crippen LogP contribution in [0.2, 0.25) is 0 Å². The van der Waals surface area contributed by atoms with Crippen molar-refractivity contribution in [3.63, 3.8) is 0 Å². The van der Waals surface area contributed by atoms with Gasteiger partial charge in [-0.25, -0.2) is 4.79 Å². The average Bonchev–Trinajstić information content (AvgIpc) is 3.61. The number of benzene rings is 1. The van der Waals surface area contributed by atoms with Gasteiger partial charge in [-0.3, -0.25) is 9.59 Å². The Morgan fingerprint density at radius 1 is 0.846 bits per heavy atom. The summed E-state index contributed by atoms with van der Waals surface area (Å²) in [6.45, 7) is 21.4. The monoisotopic (exact) mass is 714 g/mol. The Labute approximate surface area is 313 Å². The topological polar surface area (TPSA) is 83.9 Å². The minimum Gasteiger partial charge on any atom is -0.478 e. The van der Waals surface area contributed by atoms with E-state index in [1.807, 2.05) is 0 Å². The maximum Gasteiger partial charge on any atom is 0.336 e. The molecule has 5 aliphatic carbocycles. The zero-order valence-electron chi connectivity index (χ0n) is 33.5. The van der Waals surface area contributed by atoms with Crippen LogP contribution in [0.25, 0.3) is 0 Å². The molecule has 1 saturated heterocycles. The van der Waals surface area contributed by atoms with Gasteiger partial charge in [0.1, 0.15) is 0 Å². The highest BCUT2D eigenvalue weighted by molar-refractivity contribution is 6.05. The van der Waals surface area contributed by atoms with Crippen LogP contribution in [0.4, 0.5) is 0 Å². The number of ketones is 1. The molecule has 0 amide bonds. The minimum atomic E-state index is -1.04. The zero-order chi connectivity index (χ0) is 37.3. The number of allylic oxidation sites excluding steroid dienone is 2. The lowest BCUT2D eigenvalue weighted by Crippen LogP contribution is -2.64. The quantitative estimate of drug-likeness (QED) is 0.119. The number of ether oxygens (including phenoxy) is 1. The fourth-order valence-corrected chi connectivity index (χ4v) is 13.9. The molecule has 5 fully saturated rings. The van der Waals surface area contributed by atoms with Crippen molar-refractivity contribution in [3.05, 3.63) is 47.0 Å². The molecule has 0 aromatic heterocycles. The first-order valence-corrected chi connectivity index (χ1v) is 20.9. The molecule has 1 aromatic rings. The number of carbonyl (C=O) groups excluding carboxylic acids is 2. The van der Waals surface area contributed by atoms with Crippen molar-refractivity contribution in [1.29, 1.82) is 0 Å². The average molecular weight is 714 g/mol. The molecule has 4 saturated carbocycles. The zero-order valence-corrected chi connectivity index (χ0v) is 33.5. The van der Waals surface area contributed by atoms with Gasteiger partial charge in [-0.1, -0.05) is 78.3 Å². The van der Waals surface area contributed by atoms with Crippen LogP contribution in [-0.2, 0) is 9.53 Å². The molecular formula is C46H67NO5. The third-order valence-electron chi connectivity index (χ3n) is 17.2. The summed E-state index contributed by atoms with van der Waals surface area (Å²) >= 11 is 0. The molecule has 1 heterocycles. The third kappa shape index (κ3) is 5.95. The van der Waals surface area contributed by atoms with Gasteiger partial charge in [-0.05, 0) is 153 Å². The Bertz CT molecular complexity index is 1600. The van der Waals surface area contributed by atoms with Crippen molar-refractivity contribution in [3.8, 4) is 0 Å². The molecule has 1 aliphatic heterocycles. The number of esters is 1. The van der Waals surface area contributed by atoms with Crippen LogP contribution in [0.1, 0.15) is 159 Å². The Balaban J connectivity index is 1.13. The number of carboxylic acids is 1. The van der Waals surface area contributed by atoms with Gasteiger partial charge in [-0.15, -0.1) is 0 Å². The molecule has 8 atom stereocenters. The van der Waals surface area contributed by atoms with Gasteiger partial charge >= 0.3 is 11.9 Å². The van der Waals surface area contributed by atoms with Crippen molar-refractivity contribution in [2.45, 2.75) is 138 Å². The Morgan fingerprint density at radius 2 is 1.54 bits per heavy atom. The summed E-state index contributed by atoms with van der Waals surface area (Å²) < 4.78 is 6.26. The molecular weight excluding hydrogens is 647 g/mol. The van der Waals surface area contributed by atoms with E-state index in [1.54, 1.807) is 29.8 Å². The molecule has 0 radical (unpaired) electrons. The lowest BCUT2D eigenvalue weighted by atomic mass is 9.33. The molecule has 7 rings (SSSR count). The fraction of sp³-hybridized carbons (Fsp3) is 0.761. The number of fused-ring (bicyclic) bond motifs is 7. The fourth-order valence-electron chi connectivity index (χ4n) is 13.9. The number of likely N-dealkylation sites (tertiary alicyclic amines) is 1. The van der Waals surface area contributed by atoms with Crippen molar-refractivity contribution in [1.82, 2.24) is 4.90 Å². The van der Waals surface area contributed by atoms with E-state index in [2.05, 4.69) is 59.4 Å². The molecule has 1 aromatic carbocycles. The number of hydrogen-bond acceptors (Lipinski definition) is 5. The van der Waals surface area contributed by atoms with Gasteiger partial charge in [0.15, 0.2) is 5.78 Å². The lowest BCUT2D eigenvalue weighted by Gasteiger charge is -2.71. The van der Waals surface area contributed by atoms with Crippen LogP contribution >= 0.6 is 0 Å². The van der Waals surface area contributed by atoms with Crippen molar-refractivity contribution in [2.75, 3.05) is 26.2 Å². The SMILES string of the molecule is CC1(C)CC[C@]2(C(=O)OCCCN3CCCC3)CC[C@]3(C)C(=CC[C@@H]4[C@@]5(C)CC[C@H](CC(=O)c6ccccc6C(=O)O)C(C)(C)[C@@H]5CC[C@]43C)[C@@H]2C1. The first kappa shape index (κ1) is 37.8. The molecule has 6 aliphatic rings. The summed E-state index contributed by atoms with van der Waals surface area (Å²) in [5.41, 5.74) is 2.13. The molecule has 52 heavy (non-hydrogen) atoms. The van der Waals surface area contributed by atoms with Crippen LogP contribution < -0.4 is 0 Å². The van der Waals surface area contributed by atoms with Crippen LogP contribution in [0.5, 0.6) is 0 Å². The van der Waals surface area contributed by atoms with Gasteiger partial charge in [0.05, 0.1) is 17.6 Å². The predicted molar refractivity (Wildman–Crippen MR) is 206 cm³/mol. The number of carboxylic acid groups (broad SMARTS) is 1. The van der Waals surface area contributed by atoms with E-state index in [0.717, 1.165) is 70.8 Å². The van der Waals surface area contributed by atoms with Crippen molar-refractivity contribution < 1.29 is 24.2 Å². The Hall–Kier alpha value is -2.47. The summed E-state index contributed by atoms with van der Waals surface area (Å²) in [4.78, 5) is 42.5. The predicted octanol–water partition coefficient (Wildman–Crippen LogP) is 10.4. The summed E-state index contributed by atoms with van der Waals surface area (Å²) in [5.74, 6) is 0.505. The second-order valence-electron chi connectivity index (χ2n) is 20.4. The number of Topliss-reactive ketones (excluding diaryl/α,β-unsaturated/α-hetero) is 1. The normalized spacial score (nSPS) is 39.2. The lowest BCUT2D eigenvalue weighted by molar-refractivity contribution is -0.197. The first-order valence-electron chi connectivity index (χ1n) is 20.9. The molecule has 0 bridgehead atoms.